The SMILES string of the molecule is N=C(N)c1ccc(C[C@H](NS(=O)(=O)c2ccc3ccccc3c2)C(=O)C2(C(=O)O)CCCNC2)cc1. The maximum Gasteiger partial charge on any atom is 0.318 e. The zero-order valence-corrected chi connectivity index (χ0v) is 20.3. The van der Waals surface area contributed by atoms with E-state index in [1.54, 1.807) is 42.5 Å². The van der Waals surface area contributed by atoms with Crippen LogP contribution in [-0.2, 0) is 26.0 Å². The predicted molar refractivity (Wildman–Crippen MR) is 136 cm³/mol. The summed E-state index contributed by atoms with van der Waals surface area (Å²) in [7, 11) is -4.17. The number of hydrogen-bond acceptors (Lipinski definition) is 6. The first-order valence-electron chi connectivity index (χ1n) is 11.6. The van der Waals surface area contributed by atoms with Gasteiger partial charge in [-0.1, -0.05) is 54.6 Å². The highest BCUT2D eigenvalue weighted by Gasteiger charge is 2.50. The Balaban J connectivity index is 1.71. The van der Waals surface area contributed by atoms with Gasteiger partial charge < -0.3 is 16.2 Å². The third-order valence-corrected chi connectivity index (χ3v) is 8.08. The smallest absolute Gasteiger partial charge is 0.318 e. The molecule has 2 atom stereocenters. The Morgan fingerprint density at radius 2 is 1.78 bits per heavy atom. The molecule has 6 N–H and O–H groups in total. The standard InChI is InChI=1S/C26H28N4O5S/c27-24(28)19-8-6-17(7-9-19)14-22(23(31)26(25(32)33)12-3-13-29-16-26)30-36(34,35)21-11-10-18-4-1-2-5-20(18)15-21/h1-2,4-11,15,22,29-30H,3,12-14,16H2,(H3,27,28)(H,32,33)/t22-,26?/m0/s1. The van der Waals surface area contributed by atoms with Crippen LogP contribution in [-0.4, -0.2) is 50.2 Å². The summed E-state index contributed by atoms with van der Waals surface area (Å²) in [6.07, 6.45) is 0.542. The quantitative estimate of drug-likeness (QED) is 0.168. The van der Waals surface area contributed by atoms with Crippen LogP contribution in [0.15, 0.2) is 71.6 Å². The second-order valence-corrected chi connectivity index (χ2v) is 10.7. The molecular weight excluding hydrogens is 480 g/mol. The Bertz CT molecular complexity index is 1410. The third kappa shape index (κ3) is 5.15. The number of carbonyl (C=O) groups is 2. The molecule has 10 heteroatoms. The van der Waals surface area contributed by atoms with Gasteiger partial charge in [-0.3, -0.25) is 15.0 Å². The van der Waals surface area contributed by atoms with Gasteiger partial charge in [-0.25, -0.2) is 13.1 Å². The molecule has 9 nitrogen and oxygen atoms in total. The van der Waals surface area contributed by atoms with Crippen molar-refractivity contribution in [2.24, 2.45) is 11.1 Å². The van der Waals surface area contributed by atoms with E-state index in [1.165, 1.54) is 12.1 Å². The van der Waals surface area contributed by atoms with E-state index >= 15 is 0 Å². The van der Waals surface area contributed by atoms with Gasteiger partial charge in [0.25, 0.3) is 0 Å². The maximum absolute atomic E-state index is 13.8. The van der Waals surface area contributed by atoms with E-state index in [-0.39, 0.29) is 30.1 Å². The van der Waals surface area contributed by atoms with Crippen LogP contribution in [0.3, 0.4) is 0 Å². The zero-order valence-electron chi connectivity index (χ0n) is 19.5. The minimum Gasteiger partial charge on any atom is -0.480 e. The van der Waals surface area contributed by atoms with Crippen LogP contribution in [0.2, 0.25) is 0 Å². The lowest BCUT2D eigenvalue weighted by atomic mass is 9.74. The predicted octanol–water partition coefficient (Wildman–Crippen LogP) is 2.04. The van der Waals surface area contributed by atoms with E-state index in [0.717, 1.165) is 10.8 Å². The number of nitrogen functional groups attached to an aromatic ring is 1. The Hall–Kier alpha value is -3.60. The molecule has 4 rings (SSSR count). The average molecular weight is 509 g/mol. The number of amidine groups is 1. The Labute approximate surface area is 209 Å². The van der Waals surface area contributed by atoms with Gasteiger partial charge >= 0.3 is 5.97 Å². The van der Waals surface area contributed by atoms with E-state index in [2.05, 4.69) is 10.0 Å². The molecule has 0 bridgehead atoms. The van der Waals surface area contributed by atoms with Gasteiger partial charge in [-0.05, 0) is 54.3 Å². The van der Waals surface area contributed by atoms with Gasteiger partial charge in [0.1, 0.15) is 11.3 Å². The summed E-state index contributed by atoms with van der Waals surface area (Å²) in [4.78, 5) is 26.0. The van der Waals surface area contributed by atoms with Crippen molar-refractivity contribution < 1.29 is 23.1 Å². The third-order valence-electron chi connectivity index (χ3n) is 6.61. The zero-order chi connectivity index (χ0) is 25.9. The van der Waals surface area contributed by atoms with Crippen molar-refractivity contribution in [2.45, 2.75) is 30.2 Å². The first-order valence-corrected chi connectivity index (χ1v) is 13.0. The van der Waals surface area contributed by atoms with Crippen molar-refractivity contribution in [3.8, 4) is 0 Å². The number of sulfonamides is 1. The van der Waals surface area contributed by atoms with E-state index in [0.29, 0.717) is 24.1 Å². The number of fused-ring (bicyclic) bond motifs is 1. The summed E-state index contributed by atoms with van der Waals surface area (Å²) in [6, 6.07) is 17.2. The lowest BCUT2D eigenvalue weighted by Gasteiger charge is -2.35. The van der Waals surface area contributed by atoms with Crippen molar-refractivity contribution >= 4 is 38.4 Å². The fraction of sp³-hybridized carbons (Fsp3) is 0.269. The molecule has 1 aliphatic heterocycles. The Morgan fingerprint density at radius 3 is 2.39 bits per heavy atom. The van der Waals surface area contributed by atoms with E-state index < -0.39 is 33.2 Å². The number of carbonyl (C=O) groups excluding carboxylic acids is 1. The number of carboxylic acids is 1. The van der Waals surface area contributed by atoms with Gasteiger partial charge in [0.2, 0.25) is 10.0 Å². The van der Waals surface area contributed by atoms with Crippen molar-refractivity contribution in [2.75, 3.05) is 13.1 Å². The molecule has 1 unspecified atom stereocenters. The van der Waals surface area contributed by atoms with Crippen LogP contribution in [0.4, 0.5) is 0 Å². The van der Waals surface area contributed by atoms with Crippen molar-refractivity contribution in [1.82, 2.24) is 10.0 Å². The van der Waals surface area contributed by atoms with Gasteiger partial charge in [0.05, 0.1) is 10.9 Å². The van der Waals surface area contributed by atoms with E-state index in [1.807, 2.05) is 12.1 Å². The second kappa shape index (κ2) is 10.2. The summed E-state index contributed by atoms with van der Waals surface area (Å²) in [5.41, 5.74) is 4.86. The number of nitrogens with two attached hydrogens (primary N) is 1. The molecule has 3 aromatic carbocycles. The molecule has 0 spiro atoms. The lowest BCUT2D eigenvalue weighted by Crippen LogP contribution is -2.58. The minimum atomic E-state index is -4.17. The summed E-state index contributed by atoms with van der Waals surface area (Å²) in [5, 5.41) is 22.1. The largest absolute Gasteiger partial charge is 0.480 e. The molecule has 36 heavy (non-hydrogen) atoms. The van der Waals surface area contributed by atoms with Gasteiger partial charge in [-0.2, -0.15) is 0 Å². The number of nitrogens with one attached hydrogen (secondary N) is 3. The first kappa shape index (κ1) is 25.5. The van der Waals surface area contributed by atoms with Crippen molar-refractivity contribution in [3.05, 3.63) is 77.9 Å². The molecule has 1 aliphatic rings. The Kier molecular flexibility index (Phi) is 7.21. The number of rotatable bonds is 9. The first-order chi connectivity index (χ1) is 17.1. The number of carboxylic acid groups (broad SMARTS) is 1. The summed E-state index contributed by atoms with van der Waals surface area (Å²) < 4.78 is 29.3. The molecule has 0 aromatic heterocycles. The second-order valence-electron chi connectivity index (χ2n) is 9.03. The normalized spacial score (nSPS) is 19.0. The van der Waals surface area contributed by atoms with E-state index in [9.17, 15) is 23.1 Å². The van der Waals surface area contributed by atoms with Crippen LogP contribution < -0.4 is 15.8 Å². The maximum atomic E-state index is 13.8. The highest BCUT2D eigenvalue weighted by molar-refractivity contribution is 7.89. The number of Topliss-reactive ketones (excluding diaryl/α,β-unsaturated/α-hetero) is 1. The summed E-state index contributed by atoms with van der Waals surface area (Å²) in [5.74, 6) is -2.09. The van der Waals surface area contributed by atoms with Gasteiger partial charge in [0, 0.05) is 12.1 Å². The molecule has 0 aliphatic carbocycles. The highest BCUT2D eigenvalue weighted by atomic mass is 32.2. The number of ketones is 1. The molecule has 1 heterocycles. The summed E-state index contributed by atoms with van der Waals surface area (Å²) in [6.45, 7) is 0.515. The van der Waals surface area contributed by atoms with Crippen LogP contribution >= 0.6 is 0 Å². The number of aliphatic carboxylic acids is 1. The van der Waals surface area contributed by atoms with Crippen LogP contribution in [0.5, 0.6) is 0 Å². The molecule has 1 saturated heterocycles. The minimum absolute atomic E-state index is 0.0166. The number of benzene rings is 3. The molecule has 0 amide bonds. The molecule has 188 valence electrons. The van der Waals surface area contributed by atoms with Crippen LogP contribution in [0, 0.1) is 10.8 Å². The molecule has 1 fully saturated rings. The highest BCUT2D eigenvalue weighted by Crippen LogP contribution is 2.31. The van der Waals surface area contributed by atoms with Gasteiger partial charge in [0.15, 0.2) is 5.78 Å². The van der Waals surface area contributed by atoms with Crippen molar-refractivity contribution in [3.63, 3.8) is 0 Å². The monoisotopic (exact) mass is 508 g/mol. The average Bonchev–Trinajstić information content (AvgIpc) is 2.88. The topological polar surface area (TPSA) is 162 Å². The molecule has 0 saturated carbocycles. The van der Waals surface area contributed by atoms with Gasteiger partial charge in [-0.15, -0.1) is 0 Å². The molecular formula is C26H28N4O5S. The summed E-state index contributed by atoms with van der Waals surface area (Å²) >= 11 is 0. The molecule has 3 aromatic rings. The Morgan fingerprint density at radius 1 is 1.08 bits per heavy atom. The fourth-order valence-electron chi connectivity index (χ4n) is 4.57. The van der Waals surface area contributed by atoms with E-state index in [4.69, 9.17) is 11.1 Å². The van der Waals surface area contributed by atoms with Crippen molar-refractivity contribution in [1.29, 1.82) is 5.41 Å². The van der Waals surface area contributed by atoms with Crippen LogP contribution in [0.25, 0.3) is 10.8 Å². The number of hydrogen-bond donors (Lipinski definition) is 5. The lowest BCUT2D eigenvalue weighted by molar-refractivity contribution is -0.157. The van der Waals surface area contributed by atoms with Crippen LogP contribution in [0.1, 0.15) is 24.0 Å². The molecule has 0 radical (unpaired) electrons. The number of piperidine rings is 1. The fourth-order valence-corrected chi connectivity index (χ4v) is 5.80.